The van der Waals surface area contributed by atoms with Crippen LogP contribution >= 0.6 is 0 Å². The summed E-state index contributed by atoms with van der Waals surface area (Å²) in [6.07, 6.45) is 1.11. The van der Waals surface area contributed by atoms with Crippen LogP contribution in [0.15, 0.2) is 48.5 Å². The van der Waals surface area contributed by atoms with Crippen molar-refractivity contribution in [1.82, 2.24) is 19.7 Å². The molecule has 2 aromatic carbocycles. The van der Waals surface area contributed by atoms with Crippen LogP contribution in [0.4, 0.5) is 9.18 Å². The van der Waals surface area contributed by atoms with E-state index in [4.69, 9.17) is 9.47 Å². The average Bonchev–Trinajstić information content (AvgIpc) is 3.20. The van der Waals surface area contributed by atoms with E-state index >= 15 is 4.39 Å². The molecule has 0 bridgehead atoms. The van der Waals surface area contributed by atoms with Crippen LogP contribution in [-0.4, -0.2) is 65.3 Å². The van der Waals surface area contributed by atoms with Gasteiger partial charge in [-0.25, -0.2) is 18.9 Å². The van der Waals surface area contributed by atoms with Gasteiger partial charge in [0.15, 0.2) is 5.82 Å². The molecule has 0 aliphatic carbocycles. The predicted molar refractivity (Wildman–Crippen MR) is 121 cm³/mol. The number of hydroxylamine groups is 2. The summed E-state index contributed by atoms with van der Waals surface area (Å²) in [7, 11) is 4.47. The van der Waals surface area contributed by atoms with Crippen molar-refractivity contribution in [1.29, 1.82) is 0 Å². The number of benzene rings is 2. The Morgan fingerprint density at radius 1 is 1.03 bits per heavy atom. The molecule has 3 aromatic rings. The Balaban J connectivity index is 1.71. The minimum atomic E-state index is -0.461. The fraction of sp³-hybridized carbons (Fsp3) is 0.333. The Kier molecular flexibility index (Phi) is 6.50. The lowest BCUT2D eigenvalue weighted by molar-refractivity contribution is -0.0357. The first-order valence-corrected chi connectivity index (χ1v) is 10.7. The topological polar surface area (TPSA) is 80.1 Å². The van der Waals surface area contributed by atoms with Gasteiger partial charge in [-0.15, -0.1) is 0 Å². The molecule has 1 aliphatic rings. The molecule has 1 fully saturated rings. The second-order valence-electron chi connectivity index (χ2n) is 7.95. The lowest BCUT2D eigenvalue weighted by atomic mass is 9.93. The van der Waals surface area contributed by atoms with Crippen molar-refractivity contribution in [3.8, 4) is 28.4 Å². The normalized spacial score (nSPS) is 14.3. The highest BCUT2D eigenvalue weighted by Gasteiger charge is 2.31. The number of urea groups is 1. The number of carbonyl (C=O) groups is 1. The number of piperidine rings is 1. The Morgan fingerprint density at radius 2 is 1.58 bits per heavy atom. The van der Waals surface area contributed by atoms with E-state index in [9.17, 15) is 10.0 Å². The highest BCUT2D eigenvalue weighted by Crippen LogP contribution is 2.36. The molecular formula is C24H27FN4O4. The first-order valence-electron chi connectivity index (χ1n) is 10.7. The van der Waals surface area contributed by atoms with Crippen LogP contribution in [0.1, 0.15) is 24.5 Å². The number of methoxy groups -OCH3 is 2. The Labute approximate surface area is 191 Å². The van der Waals surface area contributed by atoms with E-state index in [2.05, 4.69) is 5.10 Å². The van der Waals surface area contributed by atoms with Gasteiger partial charge in [0.05, 0.1) is 19.9 Å². The largest absolute Gasteiger partial charge is 0.497 e. The number of rotatable bonds is 5. The minimum Gasteiger partial charge on any atom is -0.497 e. The molecule has 174 valence electrons. The highest BCUT2D eigenvalue weighted by atomic mass is 19.1. The maximum absolute atomic E-state index is 15.9. The van der Waals surface area contributed by atoms with Crippen molar-refractivity contribution < 1.29 is 23.9 Å². The Bertz CT molecular complexity index is 1100. The minimum absolute atomic E-state index is 0.144. The van der Waals surface area contributed by atoms with Crippen molar-refractivity contribution in [2.24, 2.45) is 0 Å². The maximum Gasteiger partial charge on any atom is 0.343 e. The van der Waals surface area contributed by atoms with Gasteiger partial charge in [-0.1, -0.05) is 0 Å². The van der Waals surface area contributed by atoms with Gasteiger partial charge in [0.2, 0.25) is 0 Å². The van der Waals surface area contributed by atoms with Gasteiger partial charge in [0, 0.05) is 31.6 Å². The van der Waals surface area contributed by atoms with E-state index in [1.807, 2.05) is 24.3 Å². The monoisotopic (exact) mass is 454 g/mol. The molecule has 1 aliphatic heterocycles. The molecule has 0 spiro atoms. The number of ether oxygens (including phenoxy) is 2. The summed E-state index contributed by atoms with van der Waals surface area (Å²) in [6, 6.07) is 14.0. The van der Waals surface area contributed by atoms with E-state index < -0.39 is 6.03 Å². The molecule has 0 atom stereocenters. The van der Waals surface area contributed by atoms with Gasteiger partial charge in [-0.2, -0.15) is 5.10 Å². The first-order chi connectivity index (χ1) is 15.9. The second-order valence-corrected chi connectivity index (χ2v) is 7.95. The number of carbonyl (C=O) groups excluding carboxylic acids is 1. The summed E-state index contributed by atoms with van der Waals surface area (Å²) in [5.41, 5.74) is 2.13. The molecule has 0 radical (unpaired) electrons. The zero-order valence-electron chi connectivity index (χ0n) is 18.9. The third-order valence-electron chi connectivity index (χ3n) is 5.96. The average molecular weight is 455 g/mol. The molecule has 1 aromatic heterocycles. The van der Waals surface area contributed by atoms with Crippen molar-refractivity contribution in [2.75, 3.05) is 34.4 Å². The van der Waals surface area contributed by atoms with E-state index in [-0.39, 0.29) is 11.7 Å². The number of nitrogens with zero attached hydrogens (tertiary/aromatic N) is 4. The van der Waals surface area contributed by atoms with Crippen molar-refractivity contribution in [3.63, 3.8) is 0 Å². The lowest BCUT2D eigenvalue weighted by Gasteiger charge is -2.32. The van der Waals surface area contributed by atoms with Gasteiger partial charge in [-0.05, 0) is 61.4 Å². The van der Waals surface area contributed by atoms with Crippen molar-refractivity contribution in [3.05, 3.63) is 60.0 Å². The number of hydrogen-bond donors (Lipinski definition) is 1. The summed E-state index contributed by atoms with van der Waals surface area (Å²) in [5, 5.41) is 14.7. The molecule has 2 heterocycles. The van der Waals surface area contributed by atoms with Crippen molar-refractivity contribution in [2.45, 2.75) is 18.8 Å². The SMILES string of the molecule is COc1ccc(-c2c(F)c(C3CCN(C(=O)N(C)O)CC3)nn2-c2ccc(OC)cc2)cc1. The van der Waals surface area contributed by atoms with Crippen LogP contribution in [0.3, 0.4) is 0 Å². The fourth-order valence-electron chi connectivity index (χ4n) is 4.13. The van der Waals surface area contributed by atoms with Gasteiger partial charge < -0.3 is 14.4 Å². The second kappa shape index (κ2) is 9.50. The number of halogens is 1. The number of aromatic nitrogens is 2. The Hall–Kier alpha value is -3.59. The summed E-state index contributed by atoms with van der Waals surface area (Å²) >= 11 is 0. The molecule has 0 saturated carbocycles. The van der Waals surface area contributed by atoms with E-state index in [0.29, 0.717) is 65.1 Å². The quantitative estimate of drug-likeness (QED) is 0.459. The zero-order chi connectivity index (χ0) is 23.5. The lowest BCUT2D eigenvalue weighted by Crippen LogP contribution is -2.43. The van der Waals surface area contributed by atoms with Crippen LogP contribution in [-0.2, 0) is 0 Å². The molecule has 33 heavy (non-hydrogen) atoms. The van der Waals surface area contributed by atoms with E-state index in [0.717, 1.165) is 0 Å². The summed E-state index contributed by atoms with van der Waals surface area (Å²) in [4.78, 5) is 13.6. The molecule has 1 N–H and O–H groups in total. The summed E-state index contributed by atoms with van der Waals surface area (Å²) in [5.74, 6) is 0.860. The standard InChI is InChI=1S/C24H27FN4O4/c1-27(31)24(30)28-14-12-16(13-15-28)22-21(25)23(17-4-8-19(32-2)9-5-17)29(26-22)18-6-10-20(33-3)11-7-18/h4-11,16,31H,12-15H2,1-3H3. The fourth-order valence-corrected chi connectivity index (χ4v) is 4.13. The molecule has 2 amide bonds. The molecule has 9 heteroatoms. The van der Waals surface area contributed by atoms with Gasteiger partial charge in [0.25, 0.3) is 0 Å². The van der Waals surface area contributed by atoms with Crippen LogP contribution in [0, 0.1) is 5.82 Å². The van der Waals surface area contributed by atoms with Crippen LogP contribution < -0.4 is 9.47 Å². The summed E-state index contributed by atoms with van der Waals surface area (Å²) < 4.78 is 28.0. The van der Waals surface area contributed by atoms with Crippen molar-refractivity contribution >= 4 is 6.03 Å². The number of likely N-dealkylation sites (tertiary alicyclic amines) is 1. The third kappa shape index (κ3) is 4.49. The molecule has 0 unspecified atom stereocenters. The van der Waals surface area contributed by atoms with Crippen LogP contribution in [0.5, 0.6) is 11.5 Å². The van der Waals surface area contributed by atoms with Crippen LogP contribution in [0.25, 0.3) is 16.9 Å². The Morgan fingerprint density at radius 3 is 2.09 bits per heavy atom. The summed E-state index contributed by atoms with van der Waals surface area (Å²) in [6.45, 7) is 0.836. The van der Waals surface area contributed by atoms with Crippen LogP contribution in [0.2, 0.25) is 0 Å². The predicted octanol–water partition coefficient (Wildman–Crippen LogP) is 4.32. The third-order valence-corrected chi connectivity index (χ3v) is 5.96. The molecule has 1 saturated heterocycles. The maximum atomic E-state index is 15.9. The smallest absolute Gasteiger partial charge is 0.343 e. The van der Waals surface area contributed by atoms with Gasteiger partial charge >= 0.3 is 6.03 Å². The highest BCUT2D eigenvalue weighted by molar-refractivity contribution is 5.73. The van der Waals surface area contributed by atoms with E-state index in [1.54, 1.807) is 48.1 Å². The van der Waals surface area contributed by atoms with Gasteiger partial charge in [-0.3, -0.25) is 5.21 Å². The van der Waals surface area contributed by atoms with E-state index in [1.165, 1.54) is 7.05 Å². The number of amides is 2. The van der Waals surface area contributed by atoms with Gasteiger partial charge in [0.1, 0.15) is 22.9 Å². The molecule has 4 rings (SSSR count). The number of hydrogen-bond acceptors (Lipinski definition) is 5. The molecule has 8 nitrogen and oxygen atoms in total. The first kappa shape index (κ1) is 22.6. The zero-order valence-corrected chi connectivity index (χ0v) is 18.9. The molecular weight excluding hydrogens is 427 g/mol.